The number of amides is 2. The first kappa shape index (κ1) is 22.8. The highest BCUT2D eigenvalue weighted by atomic mass is 79.9. The molecular formula is C24H23BrN4O4. The number of nitrogens with one attached hydrogen (secondary N) is 1. The van der Waals surface area contributed by atoms with Crippen LogP contribution in [0, 0.1) is 0 Å². The maximum absolute atomic E-state index is 12.6. The van der Waals surface area contributed by atoms with Gasteiger partial charge in [0.1, 0.15) is 5.75 Å². The number of morpholine rings is 1. The molecule has 170 valence electrons. The van der Waals surface area contributed by atoms with Crippen molar-refractivity contribution in [3.8, 4) is 11.4 Å². The standard InChI is InChI=1S/C24H23BrN4O4/c25-20-15-18(7-8-22(20)33-17-23(30)29-11-13-32-14-12-29)16-26-27-24(31)19-5-1-2-6-21(19)28-9-3-4-10-28/h1-10,15-16H,11-14,17H2,(H,27,31)/b26-16-. The van der Waals surface area contributed by atoms with Crippen LogP contribution in [0.4, 0.5) is 0 Å². The highest BCUT2D eigenvalue weighted by Crippen LogP contribution is 2.25. The molecule has 3 aromatic rings. The number of rotatable bonds is 7. The van der Waals surface area contributed by atoms with E-state index < -0.39 is 0 Å². The zero-order valence-corrected chi connectivity index (χ0v) is 19.4. The molecule has 0 aliphatic carbocycles. The third-order valence-electron chi connectivity index (χ3n) is 5.08. The van der Waals surface area contributed by atoms with Crippen molar-refractivity contribution in [1.82, 2.24) is 14.9 Å². The molecule has 0 radical (unpaired) electrons. The number of halogens is 1. The van der Waals surface area contributed by atoms with E-state index in [0.717, 1.165) is 11.3 Å². The van der Waals surface area contributed by atoms with Crippen LogP contribution in [0.1, 0.15) is 15.9 Å². The van der Waals surface area contributed by atoms with E-state index in [4.69, 9.17) is 9.47 Å². The molecular weight excluding hydrogens is 488 g/mol. The van der Waals surface area contributed by atoms with Gasteiger partial charge in [-0.2, -0.15) is 5.10 Å². The predicted octanol–water partition coefficient (Wildman–Crippen LogP) is 3.24. The van der Waals surface area contributed by atoms with Crippen molar-refractivity contribution in [2.24, 2.45) is 5.10 Å². The smallest absolute Gasteiger partial charge is 0.273 e. The molecule has 1 fully saturated rings. The Morgan fingerprint density at radius 3 is 2.61 bits per heavy atom. The first-order valence-electron chi connectivity index (χ1n) is 10.5. The Hall–Kier alpha value is -3.43. The van der Waals surface area contributed by atoms with Crippen LogP contribution in [0.25, 0.3) is 5.69 Å². The van der Waals surface area contributed by atoms with Crippen molar-refractivity contribution in [1.29, 1.82) is 0 Å². The van der Waals surface area contributed by atoms with Gasteiger partial charge in [-0.05, 0) is 64.0 Å². The molecule has 0 atom stereocenters. The van der Waals surface area contributed by atoms with Crippen molar-refractivity contribution in [3.05, 3.63) is 82.6 Å². The minimum atomic E-state index is -0.309. The molecule has 1 aliphatic heterocycles. The normalized spacial score (nSPS) is 13.8. The van der Waals surface area contributed by atoms with Gasteiger partial charge in [-0.3, -0.25) is 9.59 Å². The molecule has 2 heterocycles. The number of para-hydroxylation sites is 1. The fraction of sp³-hybridized carbons (Fsp3) is 0.208. The number of aromatic nitrogens is 1. The SMILES string of the molecule is O=C(N/N=C\c1ccc(OCC(=O)N2CCOCC2)c(Br)c1)c1ccccc1-n1cccc1. The number of hydrogen-bond donors (Lipinski definition) is 1. The van der Waals surface area contributed by atoms with Crippen LogP contribution in [0.3, 0.4) is 0 Å². The lowest BCUT2D eigenvalue weighted by atomic mass is 10.1. The van der Waals surface area contributed by atoms with Gasteiger partial charge in [0.25, 0.3) is 11.8 Å². The molecule has 2 aromatic carbocycles. The third-order valence-corrected chi connectivity index (χ3v) is 5.70. The molecule has 1 aromatic heterocycles. The lowest BCUT2D eigenvalue weighted by Crippen LogP contribution is -2.43. The topological polar surface area (TPSA) is 85.2 Å². The summed E-state index contributed by atoms with van der Waals surface area (Å²) in [6.07, 6.45) is 5.31. The lowest BCUT2D eigenvalue weighted by Gasteiger charge is -2.26. The highest BCUT2D eigenvalue weighted by Gasteiger charge is 2.17. The van der Waals surface area contributed by atoms with E-state index in [1.807, 2.05) is 47.3 Å². The van der Waals surface area contributed by atoms with Gasteiger partial charge >= 0.3 is 0 Å². The Balaban J connectivity index is 1.34. The molecule has 8 nitrogen and oxygen atoms in total. The number of carbonyl (C=O) groups excluding carboxylic acids is 2. The number of ether oxygens (including phenoxy) is 2. The van der Waals surface area contributed by atoms with Crippen molar-refractivity contribution in [3.63, 3.8) is 0 Å². The molecule has 2 amide bonds. The first-order valence-corrected chi connectivity index (χ1v) is 11.2. The predicted molar refractivity (Wildman–Crippen MR) is 128 cm³/mol. The molecule has 0 unspecified atom stereocenters. The van der Waals surface area contributed by atoms with Crippen LogP contribution in [0.2, 0.25) is 0 Å². The van der Waals surface area contributed by atoms with E-state index in [0.29, 0.717) is 42.1 Å². The number of carbonyl (C=O) groups is 2. The maximum atomic E-state index is 12.6. The minimum absolute atomic E-state index is 0.0388. The van der Waals surface area contributed by atoms with E-state index in [1.54, 1.807) is 35.4 Å². The zero-order valence-electron chi connectivity index (χ0n) is 17.8. The van der Waals surface area contributed by atoms with Gasteiger partial charge < -0.3 is 18.9 Å². The number of hydrogen-bond acceptors (Lipinski definition) is 5. The molecule has 9 heteroatoms. The molecule has 1 N–H and O–H groups in total. The summed E-state index contributed by atoms with van der Waals surface area (Å²) < 4.78 is 13.5. The first-order chi connectivity index (χ1) is 16.1. The summed E-state index contributed by atoms with van der Waals surface area (Å²) in [7, 11) is 0. The summed E-state index contributed by atoms with van der Waals surface area (Å²) in [5.41, 5.74) is 4.61. The van der Waals surface area contributed by atoms with Crippen LogP contribution in [-0.4, -0.2) is 60.4 Å². The molecule has 1 saturated heterocycles. The number of nitrogens with zero attached hydrogens (tertiary/aromatic N) is 3. The molecule has 4 rings (SSSR count). The maximum Gasteiger partial charge on any atom is 0.273 e. The highest BCUT2D eigenvalue weighted by molar-refractivity contribution is 9.10. The summed E-state index contributed by atoms with van der Waals surface area (Å²) in [4.78, 5) is 26.6. The quantitative estimate of drug-likeness (QED) is 0.390. The summed E-state index contributed by atoms with van der Waals surface area (Å²) in [6.45, 7) is 2.24. The Labute approximate surface area is 199 Å². The van der Waals surface area contributed by atoms with Crippen LogP contribution in [-0.2, 0) is 9.53 Å². The second-order valence-electron chi connectivity index (χ2n) is 7.28. The van der Waals surface area contributed by atoms with E-state index in [-0.39, 0.29) is 18.4 Å². The second kappa shape index (κ2) is 10.9. The zero-order chi connectivity index (χ0) is 23.0. The van der Waals surface area contributed by atoms with Crippen molar-refractivity contribution in [2.75, 3.05) is 32.9 Å². The summed E-state index contributed by atoms with van der Waals surface area (Å²) in [5.74, 6) is 0.174. The van der Waals surface area contributed by atoms with Gasteiger partial charge in [0.05, 0.1) is 35.2 Å². The number of hydrazone groups is 1. The van der Waals surface area contributed by atoms with Gasteiger partial charge in [-0.15, -0.1) is 0 Å². The molecule has 0 saturated carbocycles. The van der Waals surface area contributed by atoms with Crippen LogP contribution >= 0.6 is 15.9 Å². The Morgan fingerprint density at radius 1 is 1.09 bits per heavy atom. The monoisotopic (exact) mass is 510 g/mol. The van der Waals surface area contributed by atoms with Crippen LogP contribution < -0.4 is 10.2 Å². The fourth-order valence-electron chi connectivity index (χ4n) is 3.37. The molecule has 0 spiro atoms. The summed E-state index contributed by atoms with van der Waals surface area (Å²) >= 11 is 3.46. The second-order valence-corrected chi connectivity index (χ2v) is 8.13. The van der Waals surface area contributed by atoms with Crippen molar-refractivity contribution >= 4 is 34.0 Å². The lowest BCUT2D eigenvalue weighted by molar-refractivity contribution is -0.137. The molecule has 0 bridgehead atoms. The Morgan fingerprint density at radius 2 is 1.85 bits per heavy atom. The van der Waals surface area contributed by atoms with Crippen LogP contribution in [0.5, 0.6) is 5.75 Å². The Kier molecular flexibility index (Phi) is 7.54. The largest absolute Gasteiger partial charge is 0.483 e. The summed E-state index contributed by atoms with van der Waals surface area (Å²) in [6, 6.07) is 16.5. The van der Waals surface area contributed by atoms with E-state index in [2.05, 4.69) is 26.5 Å². The van der Waals surface area contributed by atoms with E-state index in [1.165, 1.54) is 0 Å². The number of benzene rings is 2. The van der Waals surface area contributed by atoms with Gasteiger partial charge in [0, 0.05) is 25.5 Å². The van der Waals surface area contributed by atoms with E-state index >= 15 is 0 Å². The minimum Gasteiger partial charge on any atom is -0.483 e. The van der Waals surface area contributed by atoms with Gasteiger partial charge in [0.2, 0.25) is 0 Å². The van der Waals surface area contributed by atoms with Gasteiger partial charge in [-0.25, -0.2) is 5.43 Å². The third kappa shape index (κ3) is 5.88. The molecule has 33 heavy (non-hydrogen) atoms. The van der Waals surface area contributed by atoms with Gasteiger partial charge in [-0.1, -0.05) is 12.1 Å². The summed E-state index contributed by atoms with van der Waals surface area (Å²) in [5, 5.41) is 4.08. The fourth-order valence-corrected chi connectivity index (χ4v) is 3.88. The average molecular weight is 511 g/mol. The van der Waals surface area contributed by atoms with Crippen molar-refractivity contribution < 1.29 is 19.1 Å². The van der Waals surface area contributed by atoms with Crippen LogP contribution in [0.15, 0.2) is 76.6 Å². The molecule has 1 aliphatic rings. The average Bonchev–Trinajstić information content (AvgIpc) is 3.39. The Bertz CT molecular complexity index is 1140. The van der Waals surface area contributed by atoms with E-state index in [9.17, 15) is 9.59 Å². The van der Waals surface area contributed by atoms with Gasteiger partial charge in [0.15, 0.2) is 6.61 Å². The van der Waals surface area contributed by atoms with Crippen molar-refractivity contribution in [2.45, 2.75) is 0 Å².